The average Bonchev–Trinajstić information content (AvgIpc) is 2.46. The molecular formula is C15H19FN4O. The first kappa shape index (κ1) is 15.5. The Kier molecular flexibility index (Phi) is 5.30. The average molecular weight is 290 g/mol. The number of aromatic nitrogens is 3. The maximum Gasteiger partial charge on any atom is 0.178 e. The van der Waals surface area contributed by atoms with Gasteiger partial charge >= 0.3 is 0 Å². The van der Waals surface area contributed by atoms with Gasteiger partial charge in [-0.15, -0.1) is 0 Å². The summed E-state index contributed by atoms with van der Waals surface area (Å²) in [6.45, 7) is 6.01. The van der Waals surface area contributed by atoms with E-state index in [0.29, 0.717) is 24.7 Å². The van der Waals surface area contributed by atoms with E-state index in [1.165, 1.54) is 12.3 Å². The quantitative estimate of drug-likeness (QED) is 0.825. The first-order chi connectivity index (χ1) is 10.1. The highest BCUT2D eigenvalue weighted by molar-refractivity contribution is 5.50. The number of ether oxygens (including phenoxy) is 1. The molecule has 2 aromatic heterocycles. The van der Waals surface area contributed by atoms with Crippen LogP contribution in [0.5, 0.6) is 0 Å². The van der Waals surface area contributed by atoms with Crippen LogP contribution in [0.25, 0.3) is 11.5 Å². The first-order valence-corrected chi connectivity index (χ1v) is 6.77. The number of halogens is 1. The molecule has 6 heteroatoms. The molecule has 0 bridgehead atoms. The summed E-state index contributed by atoms with van der Waals surface area (Å²) in [6, 6.07) is 2.94. The molecule has 2 rings (SSSR count). The molecule has 0 fully saturated rings. The van der Waals surface area contributed by atoms with Gasteiger partial charge in [-0.2, -0.15) is 0 Å². The molecule has 1 N–H and O–H groups in total. The van der Waals surface area contributed by atoms with E-state index in [-0.39, 0.29) is 5.82 Å². The van der Waals surface area contributed by atoms with Crippen molar-refractivity contribution >= 4 is 0 Å². The van der Waals surface area contributed by atoms with Gasteiger partial charge in [0.1, 0.15) is 11.5 Å². The van der Waals surface area contributed by atoms with Crippen LogP contribution in [0.3, 0.4) is 0 Å². The number of methoxy groups -OCH3 is 1. The molecule has 0 amide bonds. The van der Waals surface area contributed by atoms with E-state index in [9.17, 15) is 4.39 Å². The van der Waals surface area contributed by atoms with Crippen LogP contribution in [-0.4, -0.2) is 35.2 Å². The highest BCUT2D eigenvalue weighted by Gasteiger charge is 2.10. The Morgan fingerprint density at radius 3 is 2.48 bits per heavy atom. The lowest BCUT2D eigenvalue weighted by molar-refractivity contribution is 0.199. The standard InChI is InChI=1S/C15H19FN4O/c1-10-13(9-17-6-7-21-3)11(2)20-15(19-10)14-5-4-12(16)8-18-14/h4-5,8,17H,6-7,9H2,1-3H3. The molecule has 0 saturated carbocycles. The number of nitrogens with one attached hydrogen (secondary N) is 1. The van der Waals surface area contributed by atoms with Gasteiger partial charge in [-0.3, -0.25) is 0 Å². The van der Waals surface area contributed by atoms with Crippen molar-refractivity contribution in [3.8, 4) is 11.5 Å². The molecule has 21 heavy (non-hydrogen) atoms. The van der Waals surface area contributed by atoms with E-state index in [4.69, 9.17) is 4.74 Å². The molecule has 0 atom stereocenters. The van der Waals surface area contributed by atoms with Gasteiger partial charge in [-0.05, 0) is 26.0 Å². The molecule has 0 aromatic carbocycles. The number of rotatable bonds is 6. The molecule has 0 radical (unpaired) electrons. The minimum Gasteiger partial charge on any atom is -0.383 e. The van der Waals surface area contributed by atoms with E-state index >= 15 is 0 Å². The zero-order chi connectivity index (χ0) is 15.2. The van der Waals surface area contributed by atoms with Crippen LogP contribution in [0.1, 0.15) is 17.0 Å². The van der Waals surface area contributed by atoms with Gasteiger partial charge < -0.3 is 10.1 Å². The lowest BCUT2D eigenvalue weighted by Gasteiger charge is -2.11. The van der Waals surface area contributed by atoms with Crippen molar-refractivity contribution in [3.63, 3.8) is 0 Å². The van der Waals surface area contributed by atoms with Crippen LogP contribution in [-0.2, 0) is 11.3 Å². The monoisotopic (exact) mass is 290 g/mol. The molecule has 0 aliphatic rings. The minimum atomic E-state index is -0.369. The number of hydrogen-bond donors (Lipinski definition) is 1. The maximum absolute atomic E-state index is 12.9. The molecule has 5 nitrogen and oxygen atoms in total. The number of hydrogen-bond acceptors (Lipinski definition) is 5. The number of pyridine rings is 1. The SMILES string of the molecule is COCCNCc1c(C)nc(-c2ccc(F)cn2)nc1C. The molecule has 0 spiro atoms. The third-order valence-corrected chi connectivity index (χ3v) is 3.16. The van der Waals surface area contributed by atoms with Crippen molar-refractivity contribution in [2.45, 2.75) is 20.4 Å². The Bertz CT molecular complexity index is 578. The normalized spacial score (nSPS) is 10.9. The lowest BCUT2D eigenvalue weighted by Crippen LogP contribution is -2.20. The second-order valence-corrected chi connectivity index (χ2v) is 4.73. The van der Waals surface area contributed by atoms with Crippen LogP contribution in [0, 0.1) is 19.7 Å². The second-order valence-electron chi connectivity index (χ2n) is 4.73. The fourth-order valence-electron chi connectivity index (χ4n) is 2.01. The van der Waals surface area contributed by atoms with E-state index in [1.807, 2.05) is 13.8 Å². The smallest absolute Gasteiger partial charge is 0.178 e. The third kappa shape index (κ3) is 4.03. The van der Waals surface area contributed by atoms with Crippen molar-refractivity contribution in [2.24, 2.45) is 0 Å². The highest BCUT2D eigenvalue weighted by Crippen LogP contribution is 2.17. The van der Waals surface area contributed by atoms with Gasteiger partial charge in [0.25, 0.3) is 0 Å². The van der Waals surface area contributed by atoms with Crippen LogP contribution in [0.2, 0.25) is 0 Å². The second kappa shape index (κ2) is 7.19. The van der Waals surface area contributed by atoms with Crippen molar-refractivity contribution in [1.82, 2.24) is 20.3 Å². The summed E-state index contributed by atoms with van der Waals surface area (Å²) < 4.78 is 17.9. The van der Waals surface area contributed by atoms with Gasteiger partial charge in [-0.1, -0.05) is 0 Å². The molecule has 2 heterocycles. The predicted octanol–water partition coefficient (Wildman–Crippen LogP) is 2.03. The van der Waals surface area contributed by atoms with E-state index < -0.39 is 0 Å². The zero-order valence-corrected chi connectivity index (χ0v) is 12.5. The van der Waals surface area contributed by atoms with E-state index in [2.05, 4.69) is 20.3 Å². The van der Waals surface area contributed by atoms with Crippen LogP contribution in [0.15, 0.2) is 18.3 Å². The van der Waals surface area contributed by atoms with Crippen LogP contribution >= 0.6 is 0 Å². The highest BCUT2D eigenvalue weighted by atomic mass is 19.1. The van der Waals surface area contributed by atoms with Crippen LogP contribution in [0.4, 0.5) is 4.39 Å². The Hall–Kier alpha value is -1.92. The Morgan fingerprint density at radius 1 is 1.19 bits per heavy atom. The van der Waals surface area contributed by atoms with Crippen LogP contribution < -0.4 is 5.32 Å². The topological polar surface area (TPSA) is 59.9 Å². The summed E-state index contributed by atoms with van der Waals surface area (Å²) in [5, 5.41) is 3.28. The summed E-state index contributed by atoms with van der Waals surface area (Å²) >= 11 is 0. The summed E-state index contributed by atoms with van der Waals surface area (Å²) in [5.74, 6) is 0.150. The van der Waals surface area contributed by atoms with Crippen molar-refractivity contribution in [2.75, 3.05) is 20.3 Å². The number of aryl methyl sites for hydroxylation is 2. The molecule has 2 aromatic rings. The molecule has 0 saturated heterocycles. The third-order valence-electron chi connectivity index (χ3n) is 3.16. The summed E-state index contributed by atoms with van der Waals surface area (Å²) in [7, 11) is 1.67. The van der Waals surface area contributed by atoms with Gasteiger partial charge in [0.15, 0.2) is 5.82 Å². The summed E-state index contributed by atoms with van der Waals surface area (Å²) in [4.78, 5) is 12.9. The summed E-state index contributed by atoms with van der Waals surface area (Å²) in [6.07, 6.45) is 1.17. The van der Waals surface area contributed by atoms with Crippen molar-refractivity contribution < 1.29 is 9.13 Å². The lowest BCUT2D eigenvalue weighted by atomic mass is 10.1. The zero-order valence-electron chi connectivity index (χ0n) is 12.5. The maximum atomic E-state index is 12.9. The fraction of sp³-hybridized carbons (Fsp3) is 0.400. The van der Waals surface area contributed by atoms with Gasteiger partial charge in [0, 0.05) is 37.2 Å². The van der Waals surface area contributed by atoms with Crippen molar-refractivity contribution in [1.29, 1.82) is 0 Å². The van der Waals surface area contributed by atoms with Gasteiger partial charge in [-0.25, -0.2) is 19.3 Å². The van der Waals surface area contributed by atoms with Gasteiger partial charge in [0.05, 0.1) is 12.8 Å². The minimum absolute atomic E-state index is 0.369. The van der Waals surface area contributed by atoms with Crippen molar-refractivity contribution in [3.05, 3.63) is 41.1 Å². The number of nitrogens with zero attached hydrogens (tertiary/aromatic N) is 3. The molecule has 112 valence electrons. The van der Waals surface area contributed by atoms with Gasteiger partial charge in [0.2, 0.25) is 0 Å². The predicted molar refractivity (Wildman–Crippen MR) is 78.3 cm³/mol. The Labute approximate surface area is 123 Å². The molecule has 0 aliphatic carbocycles. The first-order valence-electron chi connectivity index (χ1n) is 6.77. The molecule has 0 unspecified atom stereocenters. The largest absolute Gasteiger partial charge is 0.383 e. The summed E-state index contributed by atoms with van der Waals surface area (Å²) in [5.41, 5.74) is 3.43. The van der Waals surface area contributed by atoms with E-state index in [0.717, 1.165) is 23.5 Å². The molecular weight excluding hydrogens is 271 g/mol. The molecule has 0 aliphatic heterocycles. The Morgan fingerprint density at radius 2 is 1.90 bits per heavy atom. The fourth-order valence-corrected chi connectivity index (χ4v) is 2.01. The van der Waals surface area contributed by atoms with E-state index in [1.54, 1.807) is 13.2 Å². The Balaban J connectivity index is 2.18.